The fourth-order valence-corrected chi connectivity index (χ4v) is 4.08. The van der Waals surface area contributed by atoms with E-state index in [0.29, 0.717) is 5.69 Å². The highest BCUT2D eigenvalue weighted by atomic mass is 32.1. The van der Waals surface area contributed by atoms with Crippen LogP contribution in [0.3, 0.4) is 0 Å². The molecule has 1 N–H and O–H groups in total. The highest BCUT2D eigenvalue weighted by Gasteiger charge is 2.22. The van der Waals surface area contributed by atoms with Gasteiger partial charge in [-0.05, 0) is 61.4 Å². The summed E-state index contributed by atoms with van der Waals surface area (Å²) in [6, 6.07) is 6.47. The third-order valence-corrected chi connectivity index (χ3v) is 5.67. The molecule has 0 radical (unpaired) electrons. The molecule has 0 bridgehead atoms. The quantitative estimate of drug-likeness (QED) is 0.851. The Morgan fingerprint density at radius 2 is 2.23 bits per heavy atom. The summed E-state index contributed by atoms with van der Waals surface area (Å²) in [6.45, 7) is 4.09. The van der Waals surface area contributed by atoms with Crippen molar-refractivity contribution in [2.45, 2.75) is 39.5 Å². The first-order valence-corrected chi connectivity index (χ1v) is 8.57. The molecule has 0 unspecified atom stereocenters. The van der Waals surface area contributed by atoms with Crippen LogP contribution in [0.15, 0.2) is 24.3 Å². The lowest BCUT2D eigenvalue weighted by Crippen LogP contribution is -2.11. The van der Waals surface area contributed by atoms with Gasteiger partial charge in [0.1, 0.15) is 5.82 Å². The summed E-state index contributed by atoms with van der Waals surface area (Å²) in [6.07, 6.45) is 4.56. The van der Waals surface area contributed by atoms with E-state index in [4.69, 9.17) is 0 Å². The second-order valence-corrected chi connectivity index (χ2v) is 7.13. The molecule has 1 aliphatic carbocycles. The van der Waals surface area contributed by atoms with Crippen LogP contribution in [0.25, 0.3) is 0 Å². The summed E-state index contributed by atoms with van der Waals surface area (Å²) in [7, 11) is 0. The van der Waals surface area contributed by atoms with Gasteiger partial charge in [0, 0.05) is 10.6 Å². The standard InChI is InChI=1S/C18H20FNOS/c1-3-12-5-7-16-13(8-12)9-17(22-16)18(21)20-15-10-14(19)6-4-11(15)2/h4,6,9-10,12H,3,5,7-8H2,1-2H3,(H,20,21)/t12-/m1/s1. The number of nitrogens with one attached hydrogen (secondary N) is 1. The van der Waals surface area contributed by atoms with Crippen LogP contribution >= 0.6 is 11.3 Å². The summed E-state index contributed by atoms with van der Waals surface area (Å²) in [5, 5.41) is 2.83. The van der Waals surface area contributed by atoms with E-state index >= 15 is 0 Å². The zero-order chi connectivity index (χ0) is 15.7. The van der Waals surface area contributed by atoms with Crippen molar-refractivity contribution in [3.8, 4) is 0 Å². The number of amides is 1. The van der Waals surface area contributed by atoms with Crippen LogP contribution in [0.4, 0.5) is 10.1 Å². The van der Waals surface area contributed by atoms with E-state index in [1.807, 2.05) is 13.0 Å². The van der Waals surface area contributed by atoms with E-state index < -0.39 is 0 Å². The maximum absolute atomic E-state index is 13.3. The van der Waals surface area contributed by atoms with Gasteiger partial charge in [-0.25, -0.2) is 4.39 Å². The third kappa shape index (κ3) is 3.07. The van der Waals surface area contributed by atoms with Gasteiger partial charge in [-0.15, -0.1) is 11.3 Å². The van der Waals surface area contributed by atoms with Gasteiger partial charge in [-0.3, -0.25) is 4.79 Å². The van der Waals surface area contributed by atoms with Gasteiger partial charge in [0.15, 0.2) is 0 Å². The van der Waals surface area contributed by atoms with Gasteiger partial charge >= 0.3 is 0 Å². The van der Waals surface area contributed by atoms with E-state index in [9.17, 15) is 9.18 Å². The largest absolute Gasteiger partial charge is 0.321 e. The molecule has 2 aromatic rings. The fourth-order valence-electron chi connectivity index (χ4n) is 2.97. The van der Waals surface area contributed by atoms with Gasteiger partial charge in [0.05, 0.1) is 4.88 Å². The Kier molecular flexibility index (Phi) is 4.30. The second kappa shape index (κ2) is 6.21. The highest BCUT2D eigenvalue weighted by molar-refractivity contribution is 7.14. The molecule has 116 valence electrons. The smallest absolute Gasteiger partial charge is 0.265 e. The molecule has 0 fully saturated rings. The van der Waals surface area contributed by atoms with Crippen molar-refractivity contribution in [2.24, 2.45) is 5.92 Å². The Morgan fingerprint density at radius 1 is 1.41 bits per heavy atom. The number of hydrogen-bond donors (Lipinski definition) is 1. The molecule has 22 heavy (non-hydrogen) atoms. The van der Waals surface area contributed by atoms with Crippen molar-refractivity contribution in [1.82, 2.24) is 0 Å². The molecule has 1 aliphatic rings. The van der Waals surface area contributed by atoms with E-state index in [1.165, 1.54) is 35.4 Å². The van der Waals surface area contributed by atoms with Gasteiger partial charge in [0.25, 0.3) is 5.91 Å². The number of aryl methyl sites for hydroxylation is 2. The summed E-state index contributed by atoms with van der Waals surface area (Å²) >= 11 is 1.58. The topological polar surface area (TPSA) is 29.1 Å². The van der Waals surface area contributed by atoms with Crippen molar-refractivity contribution in [3.05, 3.63) is 51.0 Å². The maximum atomic E-state index is 13.3. The van der Waals surface area contributed by atoms with E-state index in [-0.39, 0.29) is 11.7 Å². The van der Waals surface area contributed by atoms with Crippen molar-refractivity contribution in [2.75, 3.05) is 5.32 Å². The van der Waals surface area contributed by atoms with Crippen LogP contribution in [0, 0.1) is 18.7 Å². The second-order valence-electron chi connectivity index (χ2n) is 5.99. The van der Waals surface area contributed by atoms with Crippen LogP contribution in [0.2, 0.25) is 0 Å². The molecule has 0 saturated carbocycles. The average Bonchev–Trinajstić information content (AvgIpc) is 2.94. The molecule has 0 aliphatic heterocycles. The normalized spacial score (nSPS) is 17.1. The number of carbonyl (C=O) groups excluding carboxylic acids is 1. The van der Waals surface area contributed by atoms with Crippen molar-refractivity contribution < 1.29 is 9.18 Å². The van der Waals surface area contributed by atoms with E-state index in [1.54, 1.807) is 17.4 Å². The van der Waals surface area contributed by atoms with E-state index in [2.05, 4.69) is 12.2 Å². The Balaban J connectivity index is 1.79. The van der Waals surface area contributed by atoms with Crippen LogP contribution in [-0.2, 0) is 12.8 Å². The Morgan fingerprint density at radius 3 is 3.00 bits per heavy atom. The number of fused-ring (bicyclic) bond motifs is 1. The summed E-state index contributed by atoms with van der Waals surface area (Å²) in [4.78, 5) is 14.5. The predicted octanol–water partition coefficient (Wildman–Crippen LogP) is 4.96. The molecule has 1 heterocycles. The lowest BCUT2D eigenvalue weighted by atomic mass is 9.87. The predicted molar refractivity (Wildman–Crippen MR) is 89.2 cm³/mol. The van der Waals surface area contributed by atoms with Crippen LogP contribution in [0.5, 0.6) is 0 Å². The Bertz CT molecular complexity index is 707. The zero-order valence-electron chi connectivity index (χ0n) is 12.9. The molecule has 3 rings (SSSR count). The molecule has 1 aromatic carbocycles. The van der Waals surface area contributed by atoms with Crippen LogP contribution in [0.1, 0.15) is 45.4 Å². The number of rotatable bonds is 3. The van der Waals surface area contributed by atoms with Crippen molar-refractivity contribution >= 4 is 22.9 Å². The molecule has 1 amide bonds. The monoisotopic (exact) mass is 317 g/mol. The summed E-state index contributed by atoms with van der Waals surface area (Å²) < 4.78 is 13.3. The lowest BCUT2D eigenvalue weighted by molar-refractivity contribution is 0.103. The average molecular weight is 317 g/mol. The fraction of sp³-hybridized carbons (Fsp3) is 0.389. The minimum atomic E-state index is -0.336. The number of hydrogen-bond acceptors (Lipinski definition) is 2. The Labute approximate surface area is 134 Å². The van der Waals surface area contributed by atoms with Crippen LogP contribution < -0.4 is 5.32 Å². The molecule has 1 atom stereocenters. The SMILES string of the molecule is CC[C@@H]1CCc2sc(C(=O)Nc3cc(F)ccc3C)cc2C1. The van der Waals surface area contributed by atoms with Crippen LogP contribution in [-0.4, -0.2) is 5.91 Å². The van der Waals surface area contributed by atoms with Gasteiger partial charge in [-0.2, -0.15) is 0 Å². The number of benzene rings is 1. The number of carbonyl (C=O) groups is 1. The molecule has 2 nitrogen and oxygen atoms in total. The van der Waals surface area contributed by atoms with Crippen molar-refractivity contribution in [1.29, 1.82) is 0 Å². The molecule has 0 saturated heterocycles. The van der Waals surface area contributed by atoms with Crippen molar-refractivity contribution in [3.63, 3.8) is 0 Å². The number of anilines is 1. The zero-order valence-corrected chi connectivity index (χ0v) is 13.7. The highest BCUT2D eigenvalue weighted by Crippen LogP contribution is 2.34. The molecule has 0 spiro atoms. The van der Waals surface area contributed by atoms with E-state index in [0.717, 1.165) is 29.2 Å². The first-order chi connectivity index (χ1) is 10.6. The van der Waals surface area contributed by atoms with Gasteiger partial charge < -0.3 is 5.32 Å². The number of thiophene rings is 1. The lowest BCUT2D eigenvalue weighted by Gasteiger charge is -2.19. The molecular formula is C18H20FNOS. The third-order valence-electron chi connectivity index (χ3n) is 4.43. The van der Waals surface area contributed by atoms with Gasteiger partial charge in [0.2, 0.25) is 0 Å². The maximum Gasteiger partial charge on any atom is 0.265 e. The first-order valence-electron chi connectivity index (χ1n) is 7.76. The number of halogens is 1. The first kappa shape index (κ1) is 15.2. The molecular weight excluding hydrogens is 297 g/mol. The summed E-state index contributed by atoms with van der Waals surface area (Å²) in [5.74, 6) is 0.266. The van der Waals surface area contributed by atoms with Gasteiger partial charge in [-0.1, -0.05) is 19.4 Å². The Hall–Kier alpha value is -1.68. The minimum Gasteiger partial charge on any atom is -0.321 e. The minimum absolute atomic E-state index is 0.138. The summed E-state index contributed by atoms with van der Waals surface area (Å²) in [5.41, 5.74) is 2.73. The molecule has 1 aromatic heterocycles. The molecule has 4 heteroatoms.